The van der Waals surface area contributed by atoms with Gasteiger partial charge in [0.2, 0.25) is 0 Å². The van der Waals surface area contributed by atoms with E-state index in [9.17, 15) is 9.59 Å². The van der Waals surface area contributed by atoms with Crippen molar-refractivity contribution in [1.82, 2.24) is 9.91 Å². The number of rotatable bonds is 8. The van der Waals surface area contributed by atoms with Crippen LogP contribution in [0.15, 0.2) is 77.9 Å². The highest BCUT2D eigenvalue weighted by atomic mass is 16.5. The standard InChI is InChI=1S/C28H29N3O5/c1-30(28(33)20-11-15-22(35-3)16-12-20)18-27(32)31-25(23-7-5-6-8-26(23)36-4)17-24(29-31)19-9-13-21(34-2)14-10-19/h5-16,25H,17-18H2,1-4H3. The molecule has 1 aliphatic rings. The van der Waals surface area contributed by atoms with Crippen LogP contribution in [-0.2, 0) is 4.79 Å². The molecule has 1 aliphatic heterocycles. The van der Waals surface area contributed by atoms with E-state index in [1.165, 1.54) is 9.91 Å². The van der Waals surface area contributed by atoms with Gasteiger partial charge in [-0.3, -0.25) is 9.59 Å². The van der Waals surface area contributed by atoms with Gasteiger partial charge in [0.1, 0.15) is 23.8 Å². The summed E-state index contributed by atoms with van der Waals surface area (Å²) in [5.74, 6) is 1.51. The van der Waals surface area contributed by atoms with E-state index in [-0.39, 0.29) is 24.4 Å². The lowest BCUT2D eigenvalue weighted by atomic mass is 9.97. The number of para-hydroxylation sites is 1. The Bertz CT molecular complexity index is 1250. The van der Waals surface area contributed by atoms with Crippen LogP contribution in [0, 0.1) is 0 Å². The number of hydrazone groups is 1. The van der Waals surface area contributed by atoms with Crippen molar-refractivity contribution in [3.05, 3.63) is 89.5 Å². The number of hydrogen-bond donors (Lipinski definition) is 0. The van der Waals surface area contributed by atoms with Gasteiger partial charge in [-0.2, -0.15) is 5.10 Å². The quantitative estimate of drug-likeness (QED) is 0.477. The number of ether oxygens (including phenoxy) is 3. The van der Waals surface area contributed by atoms with Crippen molar-refractivity contribution in [2.24, 2.45) is 5.10 Å². The molecule has 0 N–H and O–H groups in total. The number of methoxy groups -OCH3 is 3. The summed E-state index contributed by atoms with van der Waals surface area (Å²) in [5.41, 5.74) is 2.99. The predicted octanol–water partition coefficient (Wildman–Crippen LogP) is 4.16. The maximum atomic E-state index is 13.5. The van der Waals surface area contributed by atoms with Crippen molar-refractivity contribution in [3.63, 3.8) is 0 Å². The number of likely N-dealkylation sites (N-methyl/N-ethyl adjacent to an activating group) is 1. The molecule has 1 atom stereocenters. The monoisotopic (exact) mass is 487 g/mol. The van der Waals surface area contributed by atoms with Crippen LogP contribution in [0.5, 0.6) is 17.2 Å². The van der Waals surface area contributed by atoms with Crippen LogP contribution in [0.25, 0.3) is 0 Å². The minimum atomic E-state index is -0.366. The molecule has 2 amide bonds. The maximum Gasteiger partial charge on any atom is 0.262 e. The molecular weight excluding hydrogens is 458 g/mol. The molecule has 186 valence electrons. The van der Waals surface area contributed by atoms with E-state index in [0.717, 1.165) is 22.6 Å². The fraction of sp³-hybridized carbons (Fsp3) is 0.250. The van der Waals surface area contributed by atoms with Crippen LogP contribution in [0.3, 0.4) is 0 Å². The van der Waals surface area contributed by atoms with E-state index in [4.69, 9.17) is 19.3 Å². The normalized spacial score (nSPS) is 14.7. The molecule has 4 rings (SSSR count). The van der Waals surface area contributed by atoms with Crippen molar-refractivity contribution in [3.8, 4) is 17.2 Å². The summed E-state index contributed by atoms with van der Waals surface area (Å²) in [6.45, 7) is -0.129. The second-order valence-electron chi connectivity index (χ2n) is 8.37. The van der Waals surface area contributed by atoms with Crippen molar-refractivity contribution in [2.45, 2.75) is 12.5 Å². The Labute approximate surface area is 210 Å². The largest absolute Gasteiger partial charge is 0.497 e. The molecule has 0 aliphatic carbocycles. The minimum absolute atomic E-state index is 0.129. The van der Waals surface area contributed by atoms with Crippen LogP contribution in [0.1, 0.15) is 33.9 Å². The van der Waals surface area contributed by atoms with E-state index in [0.29, 0.717) is 23.5 Å². The van der Waals surface area contributed by atoms with E-state index in [2.05, 4.69) is 0 Å². The summed E-state index contributed by atoms with van der Waals surface area (Å²) < 4.78 is 16.0. The molecule has 8 nitrogen and oxygen atoms in total. The fourth-order valence-electron chi connectivity index (χ4n) is 4.18. The average Bonchev–Trinajstić information content (AvgIpc) is 3.38. The zero-order valence-electron chi connectivity index (χ0n) is 20.8. The zero-order chi connectivity index (χ0) is 25.7. The molecule has 0 spiro atoms. The van der Waals surface area contributed by atoms with Crippen molar-refractivity contribution < 1.29 is 23.8 Å². The van der Waals surface area contributed by atoms with Gasteiger partial charge in [0.15, 0.2) is 0 Å². The summed E-state index contributed by atoms with van der Waals surface area (Å²) in [6.07, 6.45) is 0.509. The van der Waals surface area contributed by atoms with E-state index < -0.39 is 0 Å². The van der Waals surface area contributed by atoms with Crippen molar-refractivity contribution in [1.29, 1.82) is 0 Å². The molecule has 0 aromatic heterocycles. The van der Waals surface area contributed by atoms with Crippen molar-refractivity contribution >= 4 is 17.5 Å². The van der Waals surface area contributed by atoms with Crippen LogP contribution in [0.4, 0.5) is 0 Å². The molecule has 0 fully saturated rings. The third kappa shape index (κ3) is 5.17. The summed E-state index contributed by atoms with van der Waals surface area (Å²) in [4.78, 5) is 27.8. The van der Waals surface area contributed by atoms with E-state index in [1.807, 2.05) is 48.5 Å². The smallest absolute Gasteiger partial charge is 0.262 e. The van der Waals surface area contributed by atoms with E-state index in [1.54, 1.807) is 52.6 Å². The molecule has 3 aromatic rings. The SMILES string of the molecule is COc1ccc(C(=O)N(C)CC(=O)N2N=C(c3ccc(OC)cc3)CC2c2ccccc2OC)cc1. The van der Waals surface area contributed by atoms with Crippen LogP contribution < -0.4 is 14.2 Å². The van der Waals surface area contributed by atoms with Gasteiger partial charge in [-0.1, -0.05) is 18.2 Å². The molecule has 1 unspecified atom stereocenters. The third-order valence-corrected chi connectivity index (χ3v) is 6.14. The zero-order valence-corrected chi connectivity index (χ0v) is 20.8. The number of amides is 2. The van der Waals surface area contributed by atoms with Gasteiger partial charge < -0.3 is 19.1 Å². The first-order chi connectivity index (χ1) is 17.4. The highest BCUT2D eigenvalue weighted by Gasteiger charge is 2.35. The molecule has 0 saturated heterocycles. The molecular formula is C28H29N3O5. The van der Waals surface area contributed by atoms with Crippen LogP contribution in [0.2, 0.25) is 0 Å². The molecule has 1 heterocycles. The first-order valence-corrected chi connectivity index (χ1v) is 11.5. The highest BCUT2D eigenvalue weighted by molar-refractivity contribution is 6.04. The average molecular weight is 488 g/mol. The van der Waals surface area contributed by atoms with Gasteiger partial charge in [0.25, 0.3) is 11.8 Å². The first kappa shape index (κ1) is 24.8. The summed E-state index contributed by atoms with van der Waals surface area (Å²) in [7, 11) is 6.39. The summed E-state index contributed by atoms with van der Waals surface area (Å²) in [5, 5.41) is 6.17. The molecule has 0 bridgehead atoms. The van der Waals surface area contributed by atoms with Gasteiger partial charge in [0, 0.05) is 24.6 Å². The summed E-state index contributed by atoms with van der Waals surface area (Å²) >= 11 is 0. The summed E-state index contributed by atoms with van der Waals surface area (Å²) in [6, 6.07) is 21.6. The predicted molar refractivity (Wildman–Crippen MR) is 137 cm³/mol. The maximum absolute atomic E-state index is 13.5. The number of hydrogen-bond acceptors (Lipinski definition) is 6. The molecule has 8 heteroatoms. The van der Waals surface area contributed by atoms with Gasteiger partial charge in [0.05, 0.1) is 33.1 Å². The molecule has 0 saturated carbocycles. The molecule has 36 heavy (non-hydrogen) atoms. The Morgan fingerprint density at radius 3 is 2.11 bits per heavy atom. The van der Waals surface area contributed by atoms with Crippen molar-refractivity contribution in [2.75, 3.05) is 34.9 Å². The van der Waals surface area contributed by atoms with Gasteiger partial charge in [-0.05, 0) is 60.2 Å². The first-order valence-electron chi connectivity index (χ1n) is 11.5. The Hall–Kier alpha value is -4.33. The van der Waals surface area contributed by atoms with Gasteiger partial charge in [-0.15, -0.1) is 0 Å². The lowest BCUT2D eigenvalue weighted by Gasteiger charge is -2.26. The lowest BCUT2D eigenvalue weighted by molar-refractivity contribution is -0.133. The van der Waals surface area contributed by atoms with Gasteiger partial charge in [-0.25, -0.2) is 5.01 Å². The number of nitrogens with zero attached hydrogens (tertiary/aromatic N) is 3. The minimum Gasteiger partial charge on any atom is -0.497 e. The van der Waals surface area contributed by atoms with E-state index >= 15 is 0 Å². The second kappa shape index (κ2) is 10.9. The molecule has 3 aromatic carbocycles. The lowest BCUT2D eigenvalue weighted by Crippen LogP contribution is -2.39. The fourth-order valence-corrected chi connectivity index (χ4v) is 4.18. The number of carbonyl (C=O) groups is 2. The Kier molecular flexibility index (Phi) is 7.53. The van der Waals surface area contributed by atoms with Crippen LogP contribution >= 0.6 is 0 Å². The Morgan fingerprint density at radius 2 is 1.50 bits per heavy atom. The number of carbonyl (C=O) groups excluding carboxylic acids is 2. The Morgan fingerprint density at radius 1 is 0.889 bits per heavy atom. The molecule has 0 radical (unpaired) electrons. The topological polar surface area (TPSA) is 80.7 Å². The second-order valence-corrected chi connectivity index (χ2v) is 8.37. The van der Waals surface area contributed by atoms with Crippen LogP contribution in [-0.4, -0.2) is 62.4 Å². The Balaban J connectivity index is 1.60. The third-order valence-electron chi connectivity index (χ3n) is 6.14. The van der Waals surface area contributed by atoms with Gasteiger partial charge >= 0.3 is 0 Å². The highest BCUT2D eigenvalue weighted by Crippen LogP contribution is 2.37. The number of benzene rings is 3.